The number of rotatable bonds is 7. The van der Waals surface area contributed by atoms with Gasteiger partial charge >= 0.3 is 5.91 Å². The van der Waals surface area contributed by atoms with E-state index in [1.165, 1.54) is 18.5 Å². The van der Waals surface area contributed by atoms with Crippen LogP contribution in [0.3, 0.4) is 0 Å². The van der Waals surface area contributed by atoms with Crippen LogP contribution in [0.4, 0.5) is 15.9 Å². The molecule has 1 fully saturated rings. The van der Waals surface area contributed by atoms with Crippen molar-refractivity contribution in [2.45, 2.75) is 13.8 Å². The molecule has 0 atom stereocenters. The predicted molar refractivity (Wildman–Crippen MR) is 113 cm³/mol. The van der Waals surface area contributed by atoms with Crippen LogP contribution in [0.25, 0.3) is 0 Å². The van der Waals surface area contributed by atoms with Crippen LogP contribution < -0.4 is 20.4 Å². The van der Waals surface area contributed by atoms with Crippen molar-refractivity contribution < 1.29 is 19.3 Å². The van der Waals surface area contributed by atoms with Crippen molar-refractivity contribution in [2.24, 2.45) is 5.92 Å². The summed E-state index contributed by atoms with van der Waals surface area (Å²) in [4.78, 5) is 25.1. The highest BCUT2D eigenvalue weighted by Crippen LogP contribution is 2.20. The molecular weight excluding hydrogens is 387 g/mol. The van der Waals surface area contributed by atoms with Crippen LogP contribution in [0.1, 0.15) is 19.4 Å². The van der Waals surface area contributed by atoms with Crippen LogP contribution in [-0.4, -0.2) is 66.3 Å². The molecule has 2 aromatic rings. The summed E-state index contributed by atoms with van der Waals surface area (Å²) >= 11 is 0. The second kappa shape index (κ2) is 9.51. The Morgan fingerprint density at radius 2 is 1.97 bits per heavy atom. The van der Waals surface area contributed by atoms with E-state index in [1.807, 2.05) is 6.07 Å². The quantitative estimate of drug-likeness (QED) is 0.643. The predicted octanol–water partition coefficient (Wildman–Crippen LogP) is 0.589. The summed E-state index contributed by atoms with van der Waals surface area (Å²) in [6.07, 6.45) is 1.48. The Morgan fingerprint density at radius 1 is 1.23 bits per heavy atom. The fourth-order valence-electron chi connectivity index (χ4n) is 3.22. The molecule has 8 nitrogen and oxygen atoms in total. The van der Waals surface area contributed by atoms with Gasteiger partial charge in [-0.25, -0.2) is 19.8 Å². The molecule has 0 spiro atoms. The molecule has 1 aromatic carbocycles. The number of hydrogen-bond donors (Lipinski definition) is 2. The van der Waals surface area contributed by atoms with E-state index in [0.29, 0.717) is 55.8 Å². The number of nitrogens with two attached hydrogens (primary N) is 1. The first-order valence-corrected chi connectivity index (χ1v) is 9.98. The summed E-state index contributed by atoms with van der Waals surface area (Å²) in [7, 11) is 1.70. The Kier molecular flexibility index (Phi) is 6.81. The summed E-state index contributed by atoms with van der Waals surface area (Å²) in [6.45, 7) is 6.90. The average molecular weight is 415 g/mol. The average Bonchev–Trinajstić information content (AvgIpc) is 2.77. The largest absolute Gasteiger partial charge is 0.477 e. The number of nitrogens with zero attached hydrogens (tertiary/aromatic N) is 4. The molecule has 1 aromatic heterocycles. The Labute approximate surface area is 175 Å². The number of piperazine rings is 1. The maximum absolute atomic E-state index is 13.7. The fraction of sp³-hybridized carbons (Fsp3) is 0.429. The lowest BCUT2D eigenvalue weighted by molar-refractivity contribution is -0.142. The number of carbonyl (C=O) groups excluding carboxylic acids is 1. The fourth-order valence-corrected chi connectivity index (χ4v) is 3.22. The molecule has 0 bridgehead atoms. The maximum atomic E-state index is 13.7. The lowest BCUT2D eigenvalue weighted by Gasteiger charge is -2.34. The van der Waals surface area contributed by atoms with Crippen LogP contribution >= 0.6 is 0 Å². The molecule has 0 aliphatic carbocycles. The minimum Gasteiger partial charge on any atom is -0.477 e. The van der Waals surface area contributed by atoms with Crippen LogP contribution in [0.2, 0.25) is 0 Å². The van der Waals surface area contributed by atoms with E-state index >= 15 is 0 Å². The Morgan fingerprint density at radius 3 is 2.63 bits per heavy atom. The minimum atomic E-state index is -0.441. The van der Waals surface area contributed by atoms with E-state index in [2.05, 4.69) is 34.0 Å². The first-order valence-electron chi connectivity index (χ1n) is 9.98. The van der Waals surface area contributed by atoms with Gasteiger partial charge in [0.05, 0.1) is 12.2 Å². The number of aromatic nitrogens is 2. The van der Waals surface area contributed by atoms with E-state index in [0.717, 1.165) is 5.82 Å². The van der Waals surface area contributed by atoms with E-state index in [-0.39, 0.29) is 11.6 Å². The van der Waals surface area contributed by atoms with Crippen molar-refractivity contribution in [3.8, 4) is 5.88 Å². The Balaban J connectivity index is 1.63. The third kappa shape index (κ3) is 5.03. The minimum absolute atomic E-state index is 0.0266. The number of benzene rings is 1. The molecule has 1 amide bonds. The molecule has 3 rings (SSSR count). The highest BCUT2D eigenvalue weighted by atomic mass is 19.1. The van der Waals surface area contributed by atoms with Crippen LogP contribution in [0, 0.1) is 11.7 Å². The molecule has 1 aliphatic rings. The van der Waals surface area contributed by atoms with E-state index in [4.69, 9.17) is 10.1 Å². The van der Waals surface area contributed by atoms with Crippen LogP contribution in [-0.2, 0) is 4.79 Å². The van der Waals surface area contributed by atoms with Gasteiger partial charge in [0, 0.05) is 45.0 Å². The van der Waals surface area contributed by atoms with Crippen molar-refractivity contribution in [2.75, 3.05) is 50.1 Å². The Bertz CT molecular complexity index is 912. The van der Waals surface area contributed by atoms with Crippen LogP contribution in [0.15, 0.2) is 30.6 Å². The first-order chi connectivity index (χ1) is 14.4. The molecule has 30 heavy (non-hydrogen) atoms. The summed E-state index contributed by atoms with van der Waals surface area (Å²) in [5.41, 5.74) is 1.00. The van der Waals surface area contributed by atoms with Crippen molar-refractivity contribution in [3.63, 3.8) is 0 Å². The molecule has 1 aliphatic heterocycles. The number of carbonyl (C=O) groups is 1. The van der Waals surface area contributed by atoms with Gasteiger partial charge in [-0.2, -0.15) is 0 Å². The lowest BCUT2D eigenvalue weighted by Crippen LogP contribution is -2.56. The van der Waals surface area contributed by atoms with Gasteiger partial charge in [0.25, 0.3) is 5.71 Å². The van der Waals surface area contributed by atoms with Crippen molar-refractivity contribution in [1.29, 1.82) is 0 Å². The molecule has 160 valence electrons. The van der Waals surface area contributed by atoms with Gasteiger partial charge < -0.3 is 19.9 Å². The molecule has 3 N–H and O–H groups in total. The molecule has 1 saturated heterocycles. The number of halogens is 1. The maximum Gasteiger partial charge on any atom is 0.318 e. The topological polar surface area (TPSA) is 96.2 Å². The smallest absolute Gasteiger partial charge is 0.318 e. The molecule has 0 saturated carbocycles. The Hall–Kier alpha value is -3.23. The van der Waals surface area contributed by atoms with Gasteiger partial charge in [-0.05, 0) is 24.1 Å². The summed E-state index contributed by atoms with van der Waals surface area (Å²) in [6, 6.07) is 5.98. The number of ether oxygens (including phenoxy) is 1. The molecule has 0 radical (unpaired) electrons. The number of amides is 1. The number of nitrogens with one attached hydrogen (secondary N) is 1. The first kappa shape index (κ1) is 21.5. The van der Waals surface area contributed by atoms with Gasteiger partial charge in [0.2, 0.25) is 5.88 Å². The van der Waals surface area contributed by atoms with Crippen molar-refractivity contribution in [1.82, 2.24) is 14.9 Å². The van der Waals surface area contributed by atoms with Crippen molar-refractivity contribution >= 4 is 23.1 Å². The zero-order chi connectivity index (χ0) is 21.7. The normalized spacial score (nSPS) is 14.0. The molecular formula is C21H28FN6O2+. The standard InChI is InChI=1S/C21H27FN6O2/c1-14(2)12-30-19-11-18(25-13-26-19)27-6-8-28(9-7-27)21(29)20(23)16-10-15(22)4-5-17(16)24-3/h4-5,10-11,13-14,23-24H,6-9,12H2,1-3H3/p+1. The second-order valence-corrected chi connectivity index (χ2v) is 7.55. The van der Waals surface area contributed by atoms with E-state index < -0.39 is 5.82 Å². The third-order valence-corrected chi connectivity index (χ3v) is 4.85. The summed E-state index contributed by atoms with van der Waals surface area (Å²) in [5.74, 6) is 0.955. The van der Waals surface area contributed by atoms with Crippen LogP contribution in [0.5, 0.6) is 5.88 Å². The zero-order valence-electron chi connectivity index (χ0n) is 17.6. The van der Waals surface area contributed by atoms with Gasteiger partial charge in [0.15, 0.2) is 0 Å². The second-order valence-electron chi connectivity index (χ2n) is 7.55. The van der Waals surface area contributed by atoms with E-state index in [9.17, 15) is 9.18 Å². The molecule has 9 heteroatoms. The zero-order valence-corrected chi connectivity index (χ0v) is 17.6. The van der Waals surface area contributed by atoms with Gasteiger partial charge in [-0.1, -0.05) is 13.8 Å². The highest BCUT2D eigenvalue weighted by Gasteiger charge is 2.30. The summed E-state index contributed by atoms with van der Waals surface area (Å²) in [5, 5.41) is 9.05. The molecule has 0 unspecified atom stereocenters. The monoisotopic (exact) mass is 415 g/mol. The van der Waals surface area contributed by atoms with Gasteiger partial charge in [-0.3, -0.25) is 4.79 Å². The van der Waals surface area contributed by atoms with Crippen molar-refractivity contribution in [3.05, 3.63) is 42.0 Å². The van der Waals surface area contributed by atoms with E-state index in [1.54, 1.807) is 18.0 Å². The molecule has 2 heterocycles. The number of hydrogen-bond acceptors (Lipinski definition) is 6. The lowest BCUT2D eigenvalue weighted by atomic mass is 10.1. The number of anilines is 2. The third-order valence-electron chi connectivity index (χ3n) is 4.85. The van der Waals surface area contributed by atoms with Gasteiger partial charge in [-0.15, -0.1) is 0 Å². The summed E-state index contributed by atoms with van der Waals surface area (Å²) < 4.78 is 19.3. The SMILES string of the molecule is CNc1ccc(F)cc1C(=[NH2+])C(=O)N1CCN(c2cc(OCC(C)C)ncn2)CC1. The highest BCUT2D eigenvalue weighted by molar-refractivity contribution is 6.43. The van der Waals surface area contributed by atoms with Gasteiger partial charge in [0.1, 0.15) is 18.0 Å².